The van der Waals surface area contributed by atoms with Gasteiger partial charge in [-0.2, -0.15) is 0 Å². The number of aliphatic hydroxyl groups excluding tert-OH is 1. The van der Waals surface area contributed by atoms with Gasteiger partial charge in [0.15, 0.2) is 0 Å². The Morgan fingerprint density at radius 1 is 1.45 bits per heavy atom. The van der Waals surface area contributed by atoms with Gasteiger partial charge in [-0.1, -0.05) is 32.9 Å². The standard InChI is InChI=1S/C16H25NO2S/c1-11(2)17-8-14(18)9-19-15-6-4-5-13-7-12(3)10-20-16(13)15/h4-6,11-12,14,17-18H,7-10H2,1-3H3. The highest BCUT2D eigenvalue weighted by Crippen LogP contribution is 2.39. The largest absolute Gasteiger partial charge is 0.490 e. The molecule has 0 radical (unpaired) electrons. The summed E-state index contributed by atoms with van der Waals surface area (Å²) in [6, 6.07) is 6.61. The lowest BCUT2D eigenvalue weighted by Crippen LogP contribution is -2.35. The Labute approximate surface area is 126 Å². The van der Waals surface area contributed by atoms with E-state index in [0.717, 1.165) is 23.8 Å². The minimum Gasteiger partial charge on any atom is -0.490 e. The topological polar surface area (TPSA) is 41.5 Å². The van der Waals surface area contributed by atoms with Crippen LogP contribution in [-0.4, -0.2) is 36.2 Å². The average molecular weight is 295 g/mol. The molecule has 0 saturated heterocycles. The SMILES string of the molecule is CC1CSc2c(cccc2OCC(O)CNC(C)C)C1. The minimum absolute atomic E-state index is 0.340. The van der Waals surface area contributed by atoms with Crippen LogP contribution in [0.4, 0.5) is 0 Å². The number of fused-ring (bicyclic) bond motifs is 1. The molecule has 1 aromatic carbocycles. The fraction of sp³-hybridized carbons (Fsp3) is 0.625. The number of aliphatic hydroxyl groups is 1. The van der Waals surface area contributed by atoms with Crippen molar-refractivity contribution < 1.29 is 9.84 Å². The van der Waals surface area contributed by atoms with E-state index in [1.807, 2.05) is 23.9 Å². The minimum atomic E-state index is -0.472. The zero-order valence-corrected chi connectivity index (χ0v) is 13.4. The van der Waals surface area contributed by atoms with E-state index in [0.29, 0.717) is 19.2 Å². The molecule has 0 bridgehead atoms. The van der Waals surface area contributed by atoms with Crippen molar-refractivity contribution in [3.63, 3.8) is 0 Å². The van der Waals surface area contributed by atoms with Gasteiger partial charge >= 0.3 is 0 Å². The Kier molecular flexibility index (Phi) is 5.75. The van der Waals surface area contributed by atoms with E-state index in [2.05, 4.69) is 32.2 Å². The maximum absolute atomic E-state index is 9.91. The second-order valence-corrected chi connectivity index (χ2v) is 6.92. The molecule has 2 N–H and O–H groups in total. The van der Waals surface area contributed by atoms with Crippen molar-refractivity contribution in [3.8, 4) is 5.75 Å². The highest BCUT2D eigenvalue weighted by Gasteiger charge is 2.19. The molecule has 1 aliphatic heterocycles. The zero-order chi connectivity index (χ0) is 14.5. The van der Waals surface area contributed by atoms with E-state index in [4.69, 9.17) is 4.74 Å². The molecular formula is C16H25NO2S. The number of ether oxygens (including phenoxy) is 1. The van der Waals surface area contributed by atoms with Gasteiger partial charge in [0.2, 0.25) is 0 Å². The number of hydrogen-bond donors (Lipinski definition) is 2. The fourth-order valence-electron chi connectivity index (χ4n) is 2.28. The Balaban J connectivity index is 1.92. The van der Waals surface area contributed by atoms with E-state index >= 15 is 0 Å². The van der Waals surface area contributed by atoms with E-state index in [1.54, 1.807) is 0 Å². The van der Waals surface area contributed by atoms with Gasteiger partial charge in [-0.25, -0.2) is 0 Å². The quantitative estimate of drug-likeness (QED) is 0.847. The molecule has 0 saturated carbocycles. The van der Waals surface area contributed by atoms with Gasteiger partial charge in [-0.3, -0.25) is 0 Å². The molecule has 4 heteroatoms. The Bertz CT molecular complexity index is 436. The van der Waals surface area contributed by atoms with Crippen molar-refractivity contribution in [2.75, 3.05) is 18.9 Å². The van der Waals surface area contributed by atoms with Crippen LogP contribution in [0.2, 0.25) is 0 Å². The normalized spacial score (nSPS) is 19.8. The molecular weight excluding hydrogens is 270 g/mol. The Hall–Kier alpha value is -0.710. The van der Waals surface area contributed by atoms with E-state index in [9.17, 15) is 5.11 Å². The van der Waals surface area contributed by atoms with Gasteiger partial charge in [0.05, 0.1) is 4.90 Å². The average Bonchev–Trinajstić information content (AvgIpc) is 2.42. The van der Waals surface area contributed by atoms with Crippen molar-refractivity contribution in [3.05, 3.63) is 23.8 Å². The zero-order valence-electron chi connectivity index (χ0n) is 12.6. The lowest BCUT2D eigenvalue weighted by Gasteiger charge is -2.23. The van der Waals surface area contributed by atoms with Crippen molar-refractivity contribution in [1.29, 1.82) is 0 Å². The first kappa shape index (κ1) is 15.7. The van der Waals surface area contributed by atoms with Gasteiger partial charge in [-0.15, -0.1) is 11.8 Å². The van der Waals surface area contributed by atoms with Crippen LogP contribution in [-0.2, 0) is 6.42 Å². The van der Waals surface area contributed by atoms with Crippen LogP contribution < -0.4 is 10.1 Å². The summed E-state index contributed by atoms with van der Waals surface area (Å²) >= 11 is 1.87. The molecule has 0 spiro atoms. The molecule has 3 nitrogen and oxygen atoms in total. The third-order valence-electron chi connectivity index (χ3n) is 3.33. The summed E-state index contributed by atoms with van der Waals surface area (Å²) in [6.07, 6.45) is 0.651. The third kappa shape index (κ3) is 4.40. The first-order valence-electron chi connectivity index (χ1n) is 7.35. The van der Waals surface area contributed by atoms with Crippen molar-refractivity contribution in [1.82, 2.24) is 5.32 Å². The molecule has 0 aromatic heterocycles. The molecule has 2 atom stereocenters. The van der Waals surface area contributed by atoms with Crippen LogP contribution in [0.1, 0.15) is 26.3 Å². The van der Waals surface area contributed by atoms with E-state index < -0.39 is 6.10 Å². The first-order valence-corrected chi connectivity index (χ1v) is 8.33. The predicted molar refractivity (Wildman–Crippen MR) is 84.7 cm³/mol. The highest BCUT2D eigenvalue weighted by molar-refractivity contribution is 7.99. The molecule has 0 fully saturated rings. The lowest BCUT2D eigenvalue weighted by atomic mass is 10.0. The summed E-state index contributed by atoms with van der Waals surface area (Å²) in [5.41, 5.74) is 1.38. The summed E-state index contributed by atoms with van der Waals surface area (Å²) < 4.78 is 5.82. The van der Waals surface area contributed by atoms with Crippen molar-refractivity contribution in [2.24, 2.45) is 5.92 Å². The second kappa shape index (κ2) is 7.34. The monoisotopic (exact) mass is 295 g/mol. The van der Waals surface area contributed by atoms with Gasteiger partial charge < -0.3 is 15.2 Å². The van der Waals surface area contributed by atoms with Gasteiger partial charge in [0, 0.05) is 18.3 Å². The lowest BCUT2D eigenvalue weighted by molar-refractivity contribution is 0.103. The summed E-state index contributed by atoms with van der Waals surface area (Å²) in [5.74, 6) is 2.79. The van der Waals surface area contributed by atoms with Crippen molar-refractivity contribution >= 4 is 11.8 Å². The molecule has 1 aromatic rings. The van der Waals surface area contributed by atoms with Crippen LogP contribution >= 0.6 is 11.8 Å². The summed E-state index contributed by atoms with van der Waals surface area (Å²) in [5, 5.41) is 13.1. The number of nitrogens with one attached hydrogen (secondary N) is 1. The van der Waals surface area contributed by atoms with Crippen LogP contribution in [0, 0.1) is 5.92 Å². The van der Waals surface area contributed by atoms with E-state index in [1.165, 1.54) is 10.5 Å². The van der Waals surface area contributed by atoms with E-state index in [-0.39, 0.29) is 0 Å². The van der Waals surface area contributed by atoms with Gasteiger partial charge in [0.1, 0.15) is 18.5 Å². The maximum atomic E-state index is 9.91. The van der Waals surface area contributed by atoms with Gasteiger partial charge in [0.25, 0.3) is 0 Å². The summed E-state index contributed by atoms with van der Waals surface area (Å²) in [6.45, 7) is 7.33. The number of rotatable bonds is 6. The molecule has 2 rings (SSSR count). The molecule has 1 aliphatic rings. The van der Waals surface area contributed by atoms with Crippen LogP contribution in [0.3, 0.4) is 0 Å². The molecule has 1 heterocycles. The van der Waals surface area contributed by atoms with Gasteiger partial charge in [-0.05, 0) is 24.0 Å². The molecule has 0 aliphatic carbocycles. The van der Waals surface area contributed by atoms with Crippen molar-refractivity contribution in [2.45, 2.75) is 44.2 Å². The number of benzene rings is 1. The molecule has 0 amide bonds. The second-order valence-electron chi connectivity index (χ2n) is 5.89. The molecule has 2 unspecified atom stereocenters. The van der Waals surface area contributed by atoms with Crippen LogP contribution in [0.15, 0.2) is 23.1 Å². The molecule has 20 heavy (non-hydrogen) atoms. The van der Waals surface area contributed by atoms with Crippen LogP contribution in [0.25, 0.3) is 0 Å². The predicted octanol–water partition coefficient (Wildman–Crippen LogP) is 2.71. The first-order chi connectivity index (χ1) is 9.56. The summed E-state index contributed by atoms with van der Waals surface area (Å²) in [7, 11) is 0. The summed E-state index contributed by atoms with van der Waals surface area (Å²) in [4.78, 5) is 1.26. The maximum Gasteiger partial charge on any atom is 0.133 e. The number of thioether (sulfide) groups is 1. The smallest absolute Gasteiger partial charge is 0.133 e. The Morgan fingerprint density at radius 3 is 3.00 bits per heavy atom. The fourth-order valence-corrected chi connectivity index (χ4v) is 3.45. The Morgan fingerprint density at radius 2 is 2.25 bits per heavy atom. The third-order valence-corrected chi connectivity index (χ3v) is 4.82. The highest BCUT2D eigenvalue weighted by atomic mass is 32.2. The van der Waals surface area contributed by atoms with Crippen LogP contribution in [0.5, 0.6) is 5.75 Å². The molecule has 112 valence electrons. The number of hydrogen-bond acceptors (Lipinski definition) is 4.